The standard InChI is InChI=1S/C15H17ClO/c1-2-3-4-5-6-7-8-15(17)13-9-11-14(16)12-10-13/h5-12H,2-4H2,1H3/b6-5+,8-7+. The quantitative estimate of drug-likeness (QED) is 0.305. The summed E-state index contributed by atoms with van der Waals surface area (Å²) in [6.07, 6.45) is 10.8. The molecule has 0 heterocycles. The minimum absolute atomic E-state index is 0.00167. The van der Waals surface area contributed by atoms with E-state index in [0.717, 1.165) is 6.42 Å². The number of carbonyl (C=O) groups is 1. The van der Waals surface area contributed by atoms with Gasteiger partial charge >= 0.3 is 0 Å². The zero-order chi connectivity index (χ0) is 12.5. The van der Waals surface area contributed by atoms with Gasteiger partial charge in [-0.3, -0.25) is 4.79 Å². The molecule has 0 unspecified atom stereocenters. The van der Waals surface area contributed by atoms with Crippen molar-refractivity contribution in [3.05, 3.63) is 59.2 Å². The zero-order valence-electron chi connectivity index (χ0n) is 10.0. The second-order valence-electron chi connectivity index (χ2n) is 3.80. The Morgan fingerprint density at radius 3 is 2.59 bits per heavy atom. The van der Waals surface area contributed by atoms with Crippen LogP contribution >= 0.6 is 11.6 Å². The summed E-state index contributed by atoms with van der Waals surface area (Å²) in [4.78, 5) is 11.7. The van der Waals surface area contributed by atoms with Gasteiger partial charge in [0.2, 0.25) is 0 Å². The number of hydrogen-bond donors (Lipinski definition) is 0. The Morgan fingerprint density at radius 1 is 1.24 bits per heavy atom. The molecule has 17 heavy (non-hydrogen) atoms. The second-order valence-corrected chi connectivity index (χ2v) is 4.24. The third kappa shape index (κ3) is 5.50. The fraction of sp³-hybridized carbons (Fsp3) is 0.267. The molecule has 0 radical (unpaired) electrons. The lowest BCUT2D eigenvalue weighted by molar-refractivity contribution is 0.104. The maximum Gasteiger partial charge on any atom is 0.185 e. The predicted molar refractivity (Wildman–Crippen MR) is 73.6 cm³/mol. The van der Waals surface area contributed by atoms with Gasteiger partial charge in [-0.2, -0.15) is 0 Å². The molecule has 1 aromatic rings. The van der Waals surface area contributed by atoms with Crippen LogP contribution in [0.1, 0.15) is 36.5 Å². The molecule has 0 bridgehead atoms. The van der Waals surface area contributed by atoms with Gasteiger partial charge in [0.15, 0.2) is 5.78 Å². The number of allylic oxidation sites excluding steroid dienone is 4. The van der Waals surface area contributed by atoms with Gasteiger partial charge in [0.1, 0.15) is 0 Å². The van der Waals surface area contributed by atoms with E-state index in [2.05, 4.69) is 13.0 Å². The van der Waals surface area contributed by atoms with Gasteiger partial charge in [0.25, 0.3) is 0 Å². The van der Waals surface area contributed by atoms with Crippen LogP contribution in [-0.2, 0) is 0 Å². The minimum atomic E-state index is 0.00167. The van der Waals surface area contributed by atoms with Crippen molar-refractivity contribution < 1.29 is 4.79 Å². The number of unbranched alkanes of at least 4 members (excludes halogenated alkanes) is 2. The van der Waals surface area contributed by atoms with E-state index < -0.39 is 0 Å². The van der Waals surface area contributed by atoms with Crippen LogP contribution in [0, 0.1) is 0 Å². The molecule has 2 heteroatoms. The summed E-state index contributed by atoms with van der Waals surface area (Å²) < 4.78 is 0. The number of benzene rings is 1. The van der Waals surface area contributed by atoms with E-state index >= 15 is 0 Å². The fourth-order valence-electron chi connectivity index (χ4n) is 1.35. The van der Waals surface area contributed by atoms with Crippen LogP contribution in [0.3, 0.4) is 0 Å². The van der Waals surface area contributed by atoms with Crippen molar-refractivity contribution in [2.45, 2.75) is 26.2 Å². The average Bonchev–Trinajstić information content (AvgIpc) is 2.34. The summed E-state index contributed by atoms with van der Waals surface area (Å²) in [7, 11) is 0. The van der Waals surface area contributed by atoms with Crippen LogP contribution in [0.4, 0.5) is 0 Å². The molecule has 0 spiro atoms. The second kappa shape index (κ2) is 7.86. The van der Waals surface area contributed by atoms with Gasteiger partial charge in [-0.15, -0.1) is 0 Å². The molecular weight excluding hydrogens is 232 g/mol. The molecule has 0 fully saturated rings. The van der Waals surface area contributed by atoms with E-state index in [1.54, 1.807) is 36.4 Å². The summed E-state index contributed by atoms with van der Waals surface area (Å²) in [6.45, 7) is 2.16. The Hall–Kier alpha value is -1.34. The Kier molecular flexibility index (Phi) is 6.34. The van der Waals surface area contributed by atoms with Crippen LogP contribution in [-0.4, -0.2) is 5.78 Å². The molecule has 0 atom stereocenters. The van der Waals surface area contributed by atoms with Gasteiger partial charge in [0.05, 0.1) is 0 Å². The molecule has 1 nitrogen and oxygen atoms in total. The third-order valence-electron chi connectivity index (χ3n) is 2.35. The van der Waals surface area contributed by atoms with E-state index in [4.69, 9.17) is 11.6 Å². The minimum Gasteiger partial charge on any atom is -0.289 e. The highest BCUT2D eigenvalue weighted by Gasteiger charge is 1.99. The maximum atomic E-state index is 11.7. The summed E-state index contributed by atoms with van der Waals surface area (Å²) in [6, 6.07) is 6.91. The summed E-state index contributed by atoms with van der Waals surface area (Å²) in [5.74, 6) is 0.00167. The summed E-state index contributed by atoms with van der Waals surface area (Å²) in [5.41, 5.74) is 0.660. The van der Waals surface area contributed by atoms with E-state index in [-0.39, 0.29) is 5.78 Å². The topological polar surface area (TPSA) is 17.1 Å². The van der Waals surface area contributed by atoms with Crippen molar-refractivity contribution in [1.29, 1.82) is 0 Å². The Labute approximate surface area is 108 Å². The number of rotatable bonds is 6. The van der Waals surface area contributed by atoms with Gasteiger partial charge in [-0.05, 0) is 36.8 Å². The first-order valence-electron chi connectivity index (χ1n) is 5.87. The van der Waals surface area contributed by atoms with Crippen molar-refractivity contribution in [3.63, 3.8) is 0 Å². The van der Waals surface area contributed by atoms with Crippen molar-refractivity contribution in [2.75, 3.05) is 0 Å². The highest BCUT2D eigenvalue weighted by molar-refractivity contribution is 6.30. The lowest BCUT2D eigenvalue weighted by Gasteiger charge is -1.94. The van der Waals surface area contributed by atoms with Gasteiger partial charge in [-0.25, -0.2) is 0 Å². The Morgan fingerprint density at radius 2 is 1.94 bits per heavy atom. The highest BCUT2D eigenvalue weighted by atomic mass is 35.5. The van der Waals surface area contributed by atoms with E-state index in [1.807, 2.05) is 6.08 Å². The summed E-state index contributed by atoms with van der Waals surface area (Å²) in [5, 5.41) is 0.644. The Balaban J connectivity index is 2.46. The number of halogens is 1. The first kappa shape index (κ1) is 13.7. The number of carbonyl (C=O) groups excluding carboxylic acids is 1. The van der Waals surface area contributed by atoms with Crippen molar-refractivity contribution in [2.24, 2.45) is 0 Å². The molecule has 0 N–H and O–H groups in total. The third-order valence-corrected chi connectivity index (χ3v) is 2.60. The molecule has 90 valence electrons. The fourth-order valence-corrected chi connectivity index (χ4v) is 1.48. The number of hydrogen-bond acceptors (Lipinski definition) is 1. The molecular formula is C15H17ClO. The van der Waals surface area contributed by atoms with Gasteiger partial charge < -0.3 is 0 Å². The molecule has 0 saturated carbocycles. The van der Waals surface area contributed by atoms with Crippen molar-refractivity contribution in [1.82, 2.24) is 0 Å². The van der Waals surface area contributed by atoms with E-state index in [9.17, 15) is 4.79 Å². The highest BCUT2D eigenvalue weighted by Crippen LogP contribution is 2.10. The smallest absolute Gasteiger partial charge is 0.185 e. The first-order valence-corrected chi connectivity index (χ1v) is 6.25. The van der Waals surface area contributed by atoms with Crippen LogP contribution in [0.5, 0.6) is 0 Å². The maximum absolute atomic E-state index is 11.7. The predicted octanol–water partition coefficient (Wildman–Crippen LogP) is 4.83. The molecule has 1 rings (SSSR count). The van der Waals surface area contributed by atoms with Gasteiger partial charge in [-0.1, -0.05) is 49.6 Å². The van der Waals surface area contributed by atoms with Crippen LogP contribution in [0.2, 0.25) is 5.02 Å². The number of ketones is 1. The largest absolute Gasteiger partial charge is 0.289 e. The molecule has 0 aliphatic rings. The molecule has 0 aromatic heterocycles. The SMILES string of the molecule is CCCC/C=C/C=C/C(=O)c1ccc(Cl)cc1. The molecule has 0 aliphatic heterocycles. The summed E-state index contributed by atoms with van der Waals surface area (Å²) >= 11 is 5.75. The monoisotopic (exact) mass is 248 g/mol. The van der Waals surface area contributed by atoms with Crippen LogP contribution in [0.15, 0.2) is 48.6 Å². The van der Waals surface area contributed by atoms with Crippen LogP contribution < -0.4 is 0 Å². The lowest BCUT2D eigenvalue weighted by Crippen LogP contribution is -1.92. The van der Waals surface area contributed by atoms with E-state index in [0.29, 0.717) is 10.6 Å². The van der Waals surface area contributed by atoms with Gasteiger partial charge in [0, 0.05) is 10.6 Å². The Bertz CT molecular complexity index is 401. The lowest BCUT2D eigenvalue weighted by atomic mass is 10.1. The van der Waals surface area contributed by atoms with Crippen LogP contribution in [0.25, 0.3) is 0 Å². The average molecular weight is 249 g/mol. The van der Waals surface area contributed by atoms with Crippen molar-refractivity contribution >= 4 is 17.4 Å². The first-order chi connectivity index (χ1) is 8.24. The normalized spacial score (nSPS) is 11.4. The molecule has 1 aromatic carbocycles. The molecule has 0 saturated heterocycles. The van der Waals surface area contributed by atoms with Crippen molar-refractivity contribution in [3.8, 4) is 0 Å². The molecule has 0 amide bonds. The molecule has 0 aliphatic carbocycles. The zero-order valence-corrected chi connectivity index (χ0v) is 10.8. The van der Waals surface area contributed by atoms with E-state index in [1.165, 1.54) is 12.8 Å².